The molecular formula is C26H28FN3O3. The van der Waals surface area contributed by atoms with Crippen molar-refractivity contribution in [2.24, 2.45) is 0 Å². The van der Waals surface area contributed by atoms with Crippen molar-refractivity contribution in [3.05, 3.63) is 77.4 Å². The van der Waals surface area contributed by atoms with Crippen molar-refractivity contribution in [1.82, 2.24) is 9.88 Å². The Morgan fingerprint density at radius 2 is 1.91 bits per heavy atom. The Morgan fingerprint density at radius 1 is 1.09 bits per heavy atom. The van der Waals surface area contributed by atoms with Crippen LogP contribution in [0.5, 0.6) is 11.5 Å². The molecule has 3 aromatic rings. The van der Waals surface area contributed by atoms with Gasteiger partial charge in [-0.25, -0.2) is 4.39 Å². The van der Waals surface area contributed by atoms with Gasteiger partial charge in [0.25, 0.3) is 0 Å². The fourth-order valence-corrected chi connectivity index (χ4v) is 4.21. The molecule has 172 valence electrons. The predicted octanol–water partition coefficient (Wildman–Crippen LogP) is 4.85. The van der Waals surface area contributed by atoms with Gasteiger partial charge >= 0.3 is 0 Å². The SMILES string of the molecule is COc1ccc(CC(=O)N2CCC(c3cc(Nc4cccc(F)c4)cc(C)n3)C2)cc1OC. The summed E-state index contributed by atoms with van der Waals surface area (Å²) in [6.07, 6.45) is 1.16. The largest absolute Gasteiger partial charge is 0.493 e. The Morgan fingerprint density at radius 3 is 2.67 bits per heavy atom. The molecule has 0 radical (unpaired) electrons. The zero-order chi connectivity index (χ0) is 23.4. The fourth-order valence-electron chi connectivity index (χ4n) is 4.21. The Balaban J connectivity index is 1.43. The van der Waals surface area contributed by atoms with Gasteiger partial charge in [-0.15, -0.1) is 0 Å². The first-order chi connectivity index (χ1) is 15.9. The summed E-state index contributed by atoms with van der Waals surface area (Å²) < 4.78 is 24.1. The molecule has 2 heterocycles. The summed E-state index contributed by atoms with van der Waals surface area (Å²) in [6, 6.07) is 15.8. The van der Waals surface area contributed by atoms with Crippen LogP contribution in [0, 0.1) is 12.7 Å². The lowest BCUT2D eigenvalue weighted by atomic mass is 10.0. The quantitative estimate of drug-likeness (QED) is 0.559. The summed E-state index contributed by atoms with van der Waals surface area (Å²) in [5.41, 5.74) is 4.25. The van der Waals surface area contributed by atoms with Crippen LogP contribution in [-0.4, -0.2) is 43.1 Å². The third kappa shape index (κ3) is 5.42. The number of nitrogens with one attached hydrogen (secondary N) is 1. The van der Waals surface area contributed by atoms with Crippen molar-refractivity contribution in [1.29, 1.82) is 0 Å². The van der Waals surface area contributed by atoms with Gasteiger partial charge in [-0.05, 0) is 61.4 Å². The number of hydrogen-bond donors (Lipinski definition) is 1. The fraction of sp³-hybridized carbons (Fsp3) is 0.308. The molecule has 7 heteroatoms. The number of methoxy groups -OCH3 is 2. The average molecular weight is 450 g/mol. The van der Waals surface area contributed by atoms with Crippen LogP contribution in [0.1, 0.15) is 29.3 Å². The molecule has 1 aliphatic rings. The number of pyridine rings is 1. The van der Waals surface area contributed by atoms with E-state index in [4.69, 9.17) is 14.5 Å². The van der Waals surface area contributed by atoms with Crippen molar-refractivity contribution in [2.45, 2.75) is 25.7 Å². The molecule has 0 bridgehead atoms. The highest BCUT2D eigenvalue weighted by molar-refractivity contribution is 5.79. The third-order valence-electron chi connectivity index (χ3n) is 5.85. The Hall–Kier alpha value is -3.61. The lowest BCUT2D eigenvalue weighted by Crippen LogP contribution is -2.30. The molecule has 1 atom stereocenters. The number of nitrogens with zero attached hydrogens (tertiary/aromatic N) is 2. The van der Waals surface area contributed by atoms with Gasteiger partial charge in [0.2, 0.25) is 5.91 Å². The minimum absolute atomic E-state index is 0.0792. The van der Waals surface area contributed by atoms with E-state index in [1.54, 1.807) is 20.3 Å². The zero-order valence-electron chi connectivity index (χ0n) is 19.1. The highest BCUT2D eigenvalue weighted by Gasteiger charge is 2.28. The van der Waals surface area contributed by atoms with Crippen LogP contribution in [-0.2, 0) is 11.2 Å². The molecule has 1 amide bonds. The molecule has 6 nitrogen and oxygen atoms in total. The maximum absolute atomic E-state index is 13.5. The smallest absolute Gasteiger partial charge is 0.227 e. The van der Waals surface area contributed by atoms with Crippen molar-refractivity contribution in [2.75, 3.05) is 32.6 Å². The van der Waals surface area contributed by atoms with E-state index in [-0.39, 0.29) is 17.6 Å². The highest BCUT2D eigenvalue weighted by atomic mass is 19.1. The molecule has 1 saturated heterocycles. The first-order valence-electron chi connectivity index (χ1n) is 10.9. The van der Waals surface area contributed by atoms with Crippen LogP contribution in [0.3, 0.4) is 0 Å². The van der Waals surface area contributed by atoms with Gasteiger partial charge in [0.1, 0.15) is 5.82 Å². The van der Waals surface area contributed by atoms with Crippen molar-refractivity contribution in [3.8, 4) is 11.5 Å². The number of aromatic nitrogens is 1. The van der Waals surface area contributed by atoms with E-state index in [0.29, 0.717) is 36.7 Å². The number of amides is 1. The topological polar surface area (TPSA) is 63.7 Å². The van der Waals surface area contributed by atoms with Gasteiger partial charge in [-0.2, -0.15) is 0 Å². The van der Waals surface area contributed by atoms with Gasteiger partial charge in [-0.3, -0.25) is 9.78 Å². The van der Waals surface area contributed by atoms with E-state index in [9.17, 15) is 9.18 Å². The van der Waals surface area contributed by atoms with Gasteiger partial charge in [0.05, 0.1) is 20.6 Å². The highest BCUT2D eigenvalue weighted by Crippen LogP contribution is 2.31. The number of benzene rings is 2. The van der Waals surface area contributed by atoms with E-state index in [1.165, 1.54) is 12.1 Å². The van der Waals surface area contributed by atoms with Crippen molar-refractivity contribution in [3.63, 3.8) is 0 Å². The van der Waals surface area contributed by atoms with Crippen LogP contribution in [0.25, 0.3) is 0 Å². The maximum atomic E-state index is 13.5. The van der Waals surface area contributed by atoms with E-state index in [2.05, 4.69) is 5.32 Å². The second-order valence-corrected chi connectivity index (χ2v) is 8.25. The lowest BCUT2D eigenvalue weighted by molar-refractivity contribution is -0.129. The van der Waals surface area contributed by atoms with Crippen LogP contribution in [0.15, 0.2) is 54.6 Å². The molecule has 1 N–H and O–H groups in total. The minimum atomic E-state index is -0.287. The predicted molar refractivity (Wildman–Crippen MR) is 126 cm³/mol. The van der Waals surface area contributed by atoms with Gasteiger partial charge in [0, 0.05) is 41.8 Å². The molecule has 0 saturated carbocycles. The van der Waals surface area contributed by atoms with E-state index < -0.39 is 0 Å². The standard InChI is InChI=1S/C26H28FN3O3/c1-17-11-22(29-21-6-4-5-20(27)14-21)15-23(28-17)19-9-10-30(16-19)26(31)13-18-7-8-24(32-2)25(12-18)33-3/h4-8,11-12,14-15,19H,9-10,13,16H2,1-3H3,(H,28,29). The molecule has 0 aliphatic carbocycles. The van der Waals surface area contributed by atoms with Crippen molar-refractivity contribution < 1.29 is 18.7 Å². The van der Waals surface area contributed by atoms with E-state index >= 15 is 0 Å². The maximum Gasteiger partial charge on any atom is 0.227 e. The second kappa shape index (κ2) is 9.90. The van der Waals surface area contributed by atoms with Gasteiger partial charge in [-0.1, -0.05) is 12.1 Å². The van der Waals surface area contributed by atoms with E-state index in [1.807, 2.05) is 48.2 Å². The van der Waals surface area contributed by atoms with Gasteiger partial charge < -0.3 is 19.7 Å². The Bertz CT molecular complexity index is 1150. The molecule has 4 rings (SSSR count). The number of halogens is 1. The van der Waals surface area contributed by atoms with Gasteiger partial charge in [0.15, 0.2) is 11.5 Å². The van der Waals surface area contributed by atoms with Crippen LogP contribution < -0.4 is 14.8 Å². The van der Waals surface area contributed by atoms with Crippen LogP contribution in [0.4, 0.5) is 15.8 Å². The first-order valence-corrected chi connectivity index (χ1v) is 10.9. The summed E-state index contributed by atoms with van der Waals surface area (Å²) in [5, 5.41) is 3.25. The van der Waals surface area contributed by atoms with Crippen LogP contribution >= 0.6 is 0 Å². The summed E-state index contributed by atoms with van der Waals surface area (Å²) >= 11 is 0. The molecule has 2 aromatic carbocycles. The number of carbonyl (C=O) groups excluding carboxylic acids is 1. The van der Waals surface area contributed by atoms with Crippen molar-refractivity contribution >= 4 is 17.3 Å². The Labute approximate surface area is 193 Å². The zero-order valence-corrected chi connectivity index (χ0v) is 19.1. The first kappa shape index (κ1) is 22.6. The molecule has 1 unspecified atom stereocenters. The second-order valence-electron chi connectivity index (χ2n) is 8.25. The molecule has 1 fully saturated rings. The third-order valence-corrected chi connectivity index (χ3v) is 5.85. The molecular weight excluding hydrogens is 421 g/mol. The Kier molecular flexibility index (Phi) is 6.77. The number of anilines is 2. The summed E-state index contributed by atoms with van der Waals surface area (Å²) in [6.45, 7) is 3.26. The molecule has 1 aliphatic heterocycles. The van der Waals surface area contributed by atoms with E-state index in [0.717, 1.165) is 29.1 Å². The van der Waals surface area contributed by atoms with Crippen LogP contribution in [0.2, 0.25) is 0 Å². The lowest BCUT2D eigenvalue weighted by Gasteiger charge is -2.18. The average Bonchev–Trinajstić information content (AvgIpc) is 3.29. The molecule has 33 heavy (non-hydrogen) atoms. The number of rotatable bonds is 7. The number of aryl methyl sites for hydroxylation is 1. The number of likely N-dealkylation sites (tertiary alicyclic amines) is 1. The normalized spacial score (nSPS) is 15.4. The number of ether oxygens (including phenoxy) is 2. The molecule has 0 spiro atoms. The summed E-state index contributed by atoms with van der Waals surface area (Å²) in [5.74, 6) is 1.21. The molecule has 1 aromatic heterocycles. The summed E-state index contributed by atoms with van der Waals surface area (Å²) in [4.78, 5) is 19.5. The number of hydrogen-bond acceptors (Lipinski definition) is 5. The summed E-state index contributed by atoms with van der Waals surface area (Å²) in [7, 11) is 3.17. The number of carbonyl (C=O) groups is 1. The minimum Gasteiger partial charge on any atom is -0.493 e. The monoisotopic (exact) mass is 449 g/mol.